The lowest BCUT2D eigenvalue weighted by Gasteiger charge is -2.05. The summed E-state index contributed by atoms with van der Waals surface area (Å²) in [5.41, 5.74) is 4.55. The second-order valence-electron chi connectivity index (χ2n) is 5.97. The predicted molar refractivity (Wildman–Crippen MR) is 103 cm³/mol. The summed E-state index contributed by atoms with van der Waals surface area (Å²) in [4.78, 5) is 0. The van der Waals surface area contributed by atoms with Crippen LogP contribution in [0.4, 0.5) is 0 Å². The first-order chi connectivity index (χ1) is 12.2. The van der Waals surface area contributed by atoms with E-state index in [2.05, 4.69) is 44.8 Å². The van der Waals surface area contributed by atoms with Crippen LogP contribution in [0.2, 0.25) is 0 Å². The summed E-state index contributed by atoms with van der Waals surface area (Å²) in [5.74, 6) is 0. The van der Waals surface area contributed by atoms with Crippen molar-refractivity contribution in [2.24, 2.45) is 0 Å². The van der Waals surface area contributed by atoms with Crippen LogP contribution in [0.3, 0.4) is 0 Å². The lowest BCUT2D eigenvalue weighted by atomic mass is 10.1. The Morgan fingerprint density at radius 2 is 1.88 bits per heavy atom. The van der Waals surface area contributed by atoms with Crippen molar-refractivity contribution in [2.75, 3.05) is 0 Å². The maximum atomic E-state index is 9.07. The minimum absolute atomic E-state index is 0.673. The fraction of sp³-hybridized carbons (Fsp3) is 0. The molecule has 5 aromatic rings. The van der Waals surface area contributed by atoms with E-state index in [1.54, 1.807) is 0 Å². The number of hydrogen-bond acceptors (Lipinski definition) is 2. The van der Waals surface area contributed by atoms with Gasteiger partial charge in [0.1, 0.15) is 11.2 Å². The van der Waals surface area contributed by atoms with Crippen LogP contribution in [0.15, 0.2) is 75.8 Å². The van der Waals surface area contributed by atoms with Crippen molar-refractivity contribution >= 4 is 48.8 Å². The Balaban J connectivity index is 1.77. The van der Waals surface area contributed by atoms with Gasteiger partial charge in [-0.15, -0.1) is 0 Å². The molecule has 0 atom stereocenters. The van der Waals surface area contributed by atoms with Gasteiger partial charge >= 0.3 is 0 Å². The number of nitrogens with zero attached hydrogens (tertiary/aromatic N) is 2. The fourth-order valence-electron chi connectivity index (χ4n) is 3.34. The average Bonchev–Trinajstić information content (AvgIpc) is 3.23. The summed E-state index contributed by atoms with van der Waals surface area (Å²) >= 11 is 3.55. The molecule has 0 fully saturated rings. The highest BCUT2D eigenvalue weighted by molar-refractivity contribution is 9.10. The molecule has 2 aromatic heterocycles. The maximum absolute atomic E-state index is 9.07. The molecule has 0 radical (unpaired) electrons. The Bertz CT molecular complexity index is 1320. The van der Waals surface area contributed by atoms with Crippen LogP contribution in [0.5, 0.6) is 0 Å². The Hall–Kier alpha value is -3.03. The van der Waals surface area contributed by atoms with Crippen molar-refractivity contribution in [3.05, 3.63) is 76.9 Å². The number of para-hydroxylation sites is 1. The summed E-state index contributed by atoms with van der Waals surface area (Å²) in [6.07, 6.45) is 2.03. The van der Waals surface area contributed by atoms with Gasteiger partial charge in [0.2, 0.25) is 0 Å². The third kappa shape index (κ3) is 2.10. The zero-order chi connectivity index (χ0) is 17.0. The van der Waals surface area contributed by atoms with E-state index in [1.807, 2.05) is 48.7 Å². The van der Waals surface area contributed by atoms with Gasteiger partial charge in [0.25, 0.3) is 0 Å². The van der Waals surface area contributed by atoms with Gasteiger partial charge in [-0.3, -0.25) is 0 Å². The first-order valence-corrected chi connectivity index (χ1v) is 8.66. The molecule has 0 saturated heterocycles. The van der Waals surface area contributed by atoms with Crippen molar-refractivity contribution in [3.63, 3.8) is 0 Å². The Labute approximate surface area is 151 Å². The van der Waals surface area contributed by atoms with Crippen LogP contribution < -0.4 is 0 Å². The molecule has 0 N–H and O–H groups in total. The molecule has 0 aliphatic rings. The number of rotatable bonds is 1. The number of nitriles is 1. The number of hydrogen-bond donors (Lipinski definition) is 0. The smallest absolute Gasteiger partial charge is 0.149 e. The minimum atomic E-state index is 0.673. The number of halogens is 1. The summed E-state index contributed by atoms with van der Waals surface area (Å²) in [6, 6.07) is 22.2. The van der Waals surface area contributed by atoms with Gasteiger partial charge in [0.05, 0.1) is 21.6 Å². The zero-order valence-corrected chi connectivity index (χ0v) is 14.6. The third-order valence-electron chi connectivity index (χ3n) is 4.53. The van der Waals surface area contributed by atoms with E-state index in [0.29, 0.717) is 5.56 Å². The van der Waals surface area contributed by atoms with Gasteiger partial charge in [-0.1, -0.05) is 12.1 Å². The molecule has 0 bridgehead atoms. The highest BCUT2D eigenvalue weighted by Crippen LogP contribution is 2.35. The topological polar surface area (TPSA) is 41.9 Å². The SMILES string of the molecule is N#Cc1ccc2c(ccn2-c2ccc3oc4c(Br)cccc4c3c2)c1. The van der Waals surface area contributed by atoms with Crippen molar-refractivity contribution in [3.8, 4) is 11.8 Å². The molecule has 5 rings (SSSR count). The normalized spacial score (nSPS) is 11.4. The largest absolute Gasteiger partial charge is 0.455 e. The molecule has 3 nitrogen and oxygen atoms in total. The van der Waals surface area contributed by atoms with Crippen molar-refractivity contribution in [1.82, 2.24) is 4.57 Å². The van der Waals surface area contributed by atoms with Gasteiger partial charge in [0, 0.05) is 28.0 Å². The van der Waals surface area contributed by atoms with Gasteiger partial charge in [-0.2, -0.15) is 5.26 Å². The second kappa shape index (κ2) is 5.23. The quantitative estimate of drug-likeness (QED) is 0.345. The molecule has 4 heteroatoms. The fourth-order valence-corrected chi connectivity index (χ4v) is 3.79. The van der Waals surface area contributed by atoms with Gasteiger partial charge in [0.15, 0.2) is 0 Å². The molecule has 0 saturated carbocycles. The molecule has 2 heterocycles. The van der Waals surface area contributed by atoms with Crippen LogP contribution >= 0.6 is 15.9 Å². The minimum Gasteiger partial charge on any atom is -0.455 e. The lowest BCUT2D eigenvalue weighted by Crippen LogP contribution is -1.91. The maximum Gasteiger partial charge on any atom is 0.149 e. The number of fused-ring (bicyclic) bond motifs is 4. The first-order valence-electron chi connectivity index (χ1n) is 7.87. The standard InChI is InChI=1S/C21H11BrN2O/c22-18-3-1-2-16-17-11-15(5-7-20(17)25-21(16)18)24-9-8-14-10-13(12-23)4-6-19(14)24/h1-11H. The third-order valence-corrected chi connectivity index (χ3v) is 5.15. The molecule has 0 amide bonds. The van der Waals surface area contributed by atoms with E-state index in [0.717, 1.165) is 43.0 Å². The molecule has 0 unspecified atom stereocenters. The molecule has 118 valence electrons. The van der Waals surface area contributed by atoms with Crippen molar-refractivity contribution in [1.29, 1.82) is 5.26 Å². The van der Waals surface area contributed by atoms with Crippen molar-refractivity contribution in [2.45, 2.75) is 0 Å². The molecule has 0 aliphatic carbocycles. The Kier molecular flexibility index (Phi) is 3.00. The second-order valence-corrected chi connectivity index (χ2v) is 6.82. The zero-order valence-electron chi connectivity index (χ0n) is 13.0. The summed E-state index contributed by atoms with van der Waals surface area (Å²) < 4.78 is 9.07. The number of aromatic nitrogens is 1. The summed E-state index contributed by atoms with van der Waals surface area (Å²) in [6.45, 7) is 0. The Morgan fingerprint density at radius 3 is 2.76 bits per heavy atom. The molecule has 0 aliphatic heterocycles. The molecular formula is C21H11BrN2O. The molecular weight excluding hydrogens is 376 g/mol. The van der Waals surface area contributed by atoms with E-state index >= 15 is 0 Å². The highest BCUT2D eigenvalue weighted by atomic mass is 79.9. The van der Waals surface area contributed by atoms with E-state index in [9.17, 15) is 0 Å². The molecule has 25 heavy (non-hydrogen) atoms. The van der Waals surface area contributed by atoms with Crippen molar-refractivity contribution < 1.29 is 4.42 Å². The Morgan fingerprint density at radius 1 is 0.960 bits per heavy atom. The summed E-state index contributed by atoms with van der Waals surface area (Å²) in [5, 5.41) is 12.3. The van der Waals surface area contributed by atoms with Crippen LogP contribution in [0, 0.1) is 11.3 Å². The predicted octanol–water partition coefficient (Wildman–Crippen LogP) is 6.16. The van der Waals surface area contributed by atoms with Gasteiger partial charge in [-0.25, -0.2) is 0 Å². The lowest BCUT2D eigenvalue weighted by molar-refractivity contribution is 0.666. The molecule has 3 aromatic carbocycles. The van der Waals surface area contributed by atoms with E-state index in [-0.39, 0.29) is 0 Å². The van der Waals surface area contributed by atoms with Gasteiger partial charge < -0.3 is 8.98 Å². The average molecular weight is 387 g/mol. The van der Waals surface area contributed by atoms with E-state index < -0.39 is 0 Å². The van der Waals surface area contributed by atoms with E-state index in [1.165, 1.54) is 0 Å². The monoisotopic (exact) mass is 386 g/mol. The van der Waals surface area contributed by atoms with Crippen LogP contribution in [0.25, 0.3) is 38.5 Å². The van der Waals surface area contributed by atoms with Gasteiger partial charge in [-0.05, 0) is 64.5 Å². The van der Waals surface area contributed by atoms with Crippen LogP contribution in [-0.2, 0) is 0 Å². The van der Waals surface area contributed by atoms with Crippen LogP contribution in [-0.4, -0.2) is 4.57 Å². The number of furan rings is 1. The highest BCUT2D eigenvalue weighted by Gasteiger charge is 2.11. The van der Waals surface area contributed by atoms with E-state index in [4.69, 9.17) is 9.68 Å². The first kappa shape index (κ1) is 14.3. The summed E-state index contributed by atoms with van der Waals surface area (Å²) in [7, 11) is 0. The van der Waals surface area contributed by atoms with Crippen LogP contribution in [0.1, 0.15) is 5.56 Å². The number of benzene rings is 3. The molecule has 0 spiro atoms.